The third-order valence-corrected chi connectivity index (χ3v) is 5.08. The number of aliphatic hydroxyl groups is 1. The zero-order valence-electron chi connectivity index (χ0n) is 12.2. The van der Waals surface area contributed by atoms with Gasteiger partial charge in [0.15, 0.2) is 0 Å². The number of hydrogen-bond acceptors (Lipinski definition) is 3. The lowest BCUT2D eigenvalue weighted by atomic mass is 9.77. The van der Waals surface area contributed by atoms with Crippen LogP contribution in [-0.2, 0) is 9.53 Å². The molecule has 19 heavy (non-hydrogen) atoms. The highest BCUT2D eigenvalue weighted by Crippen LogP contribution is 2.37. The van der Waals surface area contributed by atoms with E-state index in [0.29, 0.717) is 18.3 Å². The van der Waals surface area contributed by atoms with E-state index >= 15 is 0 Å². The van der Waals surface area contributed by atoms with Crippen molar-refractivity contribution in [3.8, 4) is 0 Å². The average molecular weight is 269 g/mol. The first-order chi connectivity index (χ1) is 9.07. The second-order valence-electron chi connectivity index (χ2n) is 6.50. The molecule has 0 aromatic heterocycles. The highest BCUT2D eigenvalue weighted by atomic mass is 16.5. The molecule has 2 aliphatic heterocycles. The number of amides is 1. The molecule has 2 rings (SSSR count). The van der Waals surface area contributed by atoms with Crippen LogP contribution < -0.4 is 0 Å². The van der Waals surface area contributed by atoms with Crippen LogP contribution in [0.5, 0.6) is 0 Å². The Bertz CT molecular complexity index is 313. The van der Waals surface area contributed by atoms with E-state index in [9.17, 15) is 9.90 Å². The maximum Gasteiger partial charge on any atom is 0.222 e. The maximum absolute atomic E-state index is 12.3. The van der Waals surface area contributed by atoms with Crippen LogP contribution in [0.25, 0.3) is 0 Å². The summed E-state index contributed by atoms with van der Waals surface area (Å²) >= 11 is 0. The SMILES string of the molecule is CC(C)C1(CO)CCN(C(=O)CC2CCOCC2)C1. The van der Waals surface area contributed by atoms with Gasteiger partial charge in [-0.1, -0.05) is 13.8 Å². The predicted octanol–water partition coefficient (Wildman–Crippen LogP) is 1.67. The van der Waals surface area contributed by atoms with Crippen LogP contribution >= 0.6 is 0 Å². The summed E-state index contributed by atoms with van der Waals surface area (Å²) in [6.45, 7) is 7.59. The minimum Gasteiger partial charge on any atom is -0.396 e. The number of carbonyl (C=O) groups excluding carboxylic acids is 1. The van der Waals surface area contributed by atoms with Crippen molar-refractivity contribution in [3.05, 3.63) is 0 Å². The van der Waals surface area contributed by atoms with Crippen LogP contribution in [0.3, 0.4) is 0 Å². The Morgan fingerprint density at radius 1 is 1.42 bits per heavy atom. The van der Waals surface area contributed by atoms with Gasteiger partial charge in [0.1, 0.15) is 0 Å². The Labute approximate surface area is 116 Å². The van der Waals surface area contributed by atoms with E-state index in [4.69, 9.17) is 4.74 Å². The number of nitrogens with zero attached hydrogens (tertiary/aromatic N) is 1. The van der Waals surface area contributed by atoms with Gasteiger partial charge in [-0.2, -0.15) is 0 Å². The van der Waals surface area contributed by atoms with Gasteiger partial charge < -0.3 is 14.7 Å². The summed E-state index contributed by atoms with van der Waals surface area (Å²) in [6, 6.07) is 0. The summed E-state index contributed by atoms with van der Waals surface area (Å²) < 4.78 is 5.33. The van der Waals surface area contributed by atoms with E-state index in [1.165, 1.54) is 0 Å². The molecule has 0 aromatic rings. The fraction of sp³-hybridized carbons (Fsp3) is 0.933. The molecule has 2 heterocycles. The molecule has 1 atom stereocenters. The normalized spacial score (nSPS) is 29.2. The van der Waals surface area contributed by atoms with Gasteiger partial charge in [0.25, 0.3) is 0 Å². The molecule has 0 spiro atoms. The third-order valence-electron chi connectivity index (χ3n) is 5.08. The van der Waals surface area contributed by atoms with Gasteiger partial charge in [-0.3, -0.25) is 4.79 Å². The van der Waals surface area contributed by atoms with E-state index in [0.717, 1.165) is 45.6 Å². The van der Waals surface area contributed by atoms with Crippen molar-refractivity contribution in [3.63, 3.8) is 0 Å². The van der Waals surface area contributed by atoms with Crippen LogP contribution in [-0.4, -0.2) is 48.8 Å². The first kappa shape index (κ1) is 14.8. The van der Waals surface area contributed by atoms with E-state index in [2.05, 4.69) is 13.8 Å². The Morgan fingerprint density at radius 3 is 2.63 bits per heavy atom. The topological polar surface area (TPSA) is 49.8 Å². The van der Waals surface area contributed by atoms with Gasteiger partial charge in [-0.05, 0) is 31.1 Å². The molecular formula is C15H27NO3. The lowest BCUT2D eigenvalue weighted by molar-refractivity contribution is -0.132. The molecule has 4 heteroatoms. The molecule has 1 unspecified atom stereocenters. The highest BCUT2D eigenvalue weighted by molar-refractivity contribution is 5.76. The monoisotopic (exact) mass is 269 g/mol. The third kappa shape index (κ3) is 3.29. The quantitative estimate of drug-likeness (QED) is 0.844. The van der Waals surface area contributed by atoms with Crippen molar-refractivity contribution in [1.29, 1.82) is 0 Å². The molecule has 0 bridgehead atoms. The summed E-state index contributed by atoms with van der Waals surface area (Å²) in [4.78, 5) is 14.3. The van der Waals surface area contributed by atoms with Crippen molar-refractivity contribution >= 4 is 5.91 Å². The molecule has 1 N–H and O–H groups in total. The van der Waals surface area contributed by atoms with Gasteiger partial charge in [-0.25, -0.2) is 0 Å². The Kier molecular flexibility index (Phi) is 4.85. The molecule has 0 radical (unpaired) electrons. The second-order valence-corrected chi connectivity index (χ2v) is 6.50. The maximum atomic E-state index is 12.3. The molecule has 0 aliphatic carbocycles. The van der Waals surface area contributed by atoms with E-state index in [1.807, 2.05) is 4.90 Å². The van der Waals surface area contributed by atoms with Crippen molar-refractivity contribution in [2.45, 2.75) is 39.5 Å². The molecule has 0 aromatic carbocycles. The van der Waals surface area contributed by atoms with Crippen molar-refractivity contribution < 1.29 is 14.6 Å². The fourth-order valence-corrected chi connectivity index (χ4v) is 3.22. The summed E-state index contributed by atoms with van der Waals surface area (Å²) in [7, 11) is 0. The first-order valence-corrected chi connectivity index (χ1v) is 7.54. The molecule has 1 amide bonds. The summed E-state index contributed by atoms with van der Waals surface area (Å²) in [5, 5.41) is 9.65. The summed E-state index contributed by atoms with van der Waals surface area (Å²) in [6.07, 6.45) is 3.60. The van der Waals surface area contributed by atoms with Gasteiger partial charge in [0.05, 0.1) is 6.61 Å². The molecule has 4 nitrogen and oxygen atoms in total. The lowest BCUT2D eigenvalue weighted by Gasteiger charge is -2.31. The fourth-order valence-electron chi connectivity index (χ4n) is 3.22. The van der Waals surface area contributed by atoms with Crippen LogP contribution in [0.1, 0.15) is 39.5 Å². The van der Waals surface area contributed by atoms with Crippen LogP contribution in [0.4, 0.5) is 0 Å². The Hall–Kier alpha value is -0.610. The van der Waals surface area contributed by atoms with Crippen LogP contribution in [0.15, 0.2) is 0 Å². The highest BCUT2D eigenvalue weighted by Gasteiger charge is 2.41. The van der Waals surface area contributed by atoms with Gasteiger partial charge in [-0.15, -0.1) is 0 Å². The zero-order chi connectivity index (χ0) is 13.9. The smallest absolute Gasteiger partial charge is 0.222 e. The minimum absolute atomic E-state index is 0.0780. The Balaban J connectivity index is 1.87. The Morgan fingerprint density at radius 2 is 2.11 bits per heavy atom. The standard InChI is InChI=1S/C15H27NO3/c1-12(2)15(11-17)5-6-16(10-15)14(18)9-13-3-7-19-8-4-13/h12-13,17H,3-11H2,1-2H3. The molecule has 110 valence electrons. The molecule has 0 saturated carbocycles. The van der Waals surface area contributed by atoms with Gasteiger partial charge >= 0.3 is 0 Å². The second kappa shape index (κ2) is 6.23. The van der Waals surface area contributed by atoms with E-state index < -0.39 is 0 Å². The average Bonchev–Trinajstić information content (AvgIpc) is 2.86. The van der Waals surface area contributed by atoms with Crippen LogP contribution in [0.2, 0.25) is 0 Å². The molecular weight excluding hydrogens is 242 g/mol. The number of hydrogen-bond donors (Lipinski definition) is 1. The number of carbonyl (C=O) groups is 1. The van der Waals surface area contributed by atoms with Crippen LogP contribution in [0, 0.1) is 17.3 Å². The largest absolute Gasteiger partial charge is 0.396 e. The van der Waals surface area contributed by atoms with Crippen molar-refractivity contribution in [1.82, 2.24) is 4.90 Å². The number of ether oxygens (including phenoxy) is 1. The van der Waals surface area contributed by atoms with Crippen molar-refractivity contribution in [2.24, 2.45) is 17.3 Å². The molecule has 2 saturated heterocycles. The van der Waals surface area contributed by atoms with Gasteiger partial charge in [0, 0.05) is 38.1 Å². The number of aliphatic hydroxyl groups excluding tert-OH is 1. The van der Waals surface area contributed by atoms with Crippen molar-refractivity contribution in [2.75, 3.05) is 32.9 Å². The number of likely N-dealkylation sites (tertiary alicyclic amines) is 1. The zero-order valence-corrected chi connectivity index (χ0v) is 12.2. The molecule has 2 aliphatic rings. The minimum atomic E-state index is -0.0780. The number of rotatable bonds is 4. The summed E-state index contributed by atoms with van der Waals surface area (Å²) in [5.74, 6) is 1.17. The van der Waals surface area contributed by atoms with E-state index in [1.54, 1.807) is 0 Å². The van der Waals surface area contributed by atoms with E-state index in [-0.39, 0.29) is 17.9 Å². The lowest BCUT2D eigenvalue weighted by Crippen LogP contribution is -2.38. The first-order valence-electron chi connectivity index (χ1n) is 7.54. The summed E-state index contributed by atoms with van der Waals surface area (Å²) in [5.41, 5.74) is -0.0780. The predicted molar refractivity (Wildman–Crippen MR) is 73.7 cm³/mol. The van der Waals surface area contributed by atoms with Gasteiger partial charge in [0.2, 0.25) is 5.91 Å². The molecule has 2 fully saturated rings.